The molecule has 0 fully saturated rings. The monoisotopic (exact) mass is 287 g/mol. The first-order valence-corrected chi connectivity index (χ1v) is 6.41. The van der Waals surface area contributed by atoms with Gasteiger partial charge in [-0.1, -0.05) is 35.9 Å². The van der Waals surface area contributed by atoms with Gasteiger partial charge in [-0.05, 0) is 24.3 Å². The van der Waals surface area contributed by atoms with Crippen molar-refractivity contribution in [2.24, 2.45) is 0 Å². The first kappa shape index (κ1) is 12.7. The molecule has 0 saturated heterocycles. The molecule has 2 aromatic carbocycles. The van der Waals surface area contributed by atoms with Gasteiger partial charge in [0, 0.05) is 5.56 Å². The minimum atomic E-state index is -0.549. The second-order valence-corrected chi connectivity index (χ2v) is 4.73. The number of hydrogen-bond donors (Lipinski definition) is 0. The Morgan fingerprint density at radius 1 is 1.10 bits per heavy atom. The van der Waals surface area contributed by atoms with Crippen LogP contribution in [0.25, 0.3) is 11.1 Å². The standard InChI is InChI=1S/C15H10ClNO3/c16-11-6-2-1-5-10(11)13(18)9-17-12-7-3-4-8-14(12)20-15(17)19/h1-8H,9H2. The minimum Gasteiger partial charge on any atom is -0.408 e. The van der Waals surface area contributed by atoms with E-state index in [0.29, 0.717) is 21.7 Å². The van der Waals surface area contributed by atoms with Crippen molar-refractivity contribution < 1.29 is 9.21 Å². The Balaban J connectivity index is 2.02. The number of benzene rings is 2. The Hall–Kier alpha value is -2.33. The molecule has 0 amide bonds. The molecule has 0 unspecified atom stereocenters. The van der Waals surface area contributed by atoms with Crippen LogP contribution >= 0.6 is 11.6 Å². The summed E-state index contributed by atoms with van der Waals surface area (Å²) >= 11 is 5.99. The number of halogens is 1. The number of rotatable bonds is 3. The molecule has 0 atom stereocenters. The van der Waals surface area contributed by atoms with Crippen molar-refractivity contribution in [2.75, 3.05) is 0 Å². The molecule has 4 nitrogen and oxygen atoms in total. The Kier molecular flexibility index (Phi) is 3.16. The van der Waals surface area contributed by atoms with Crippen LogP contribution in [-0.4, -0.2) is 10.4 Å². The molecule has 3 aromatic rings. The maximum absolute atomic E-state index is 12.2. The van der Waals surface area contributed by atoms with Gasteiger partial charge in [-0.15, -0.1) is 0 Å². The molecule has 5 heteroatoms. The van der Waals surface area contributed by atoms with E-state index in [1.54, 1.807) is 48.5 Å². The molecule has 0 radical (unpaired) electrons. The van der Waals surface area contributed by atoms with E-state index in [-0.39, 0.29) is 12.3 Å². The van der Waals surface area contributed by atoms with Gasteiger partial charge in [-0.3, -0.25) is 9.36 Å². The zero-order valence-electron chi connectivity index (χ0n) is 10.4. The van der Waals surface area contributed by atoms with Crippen LogP contribution in [0.2, 0.25) is 5.02 Å². The van der Waals surface area contributed by atoms with Crippen LogP contribution in [0.15, 0.2) is 57.7 Å². The Labute approximate surface area is 119 Å². The largest absolute Gasteiger partial charge is 0.420 e. The molecule has 0 bridgehead atoms. The van der Waals surface area contributed by atoms with Crippen molar-refractivity contribution in [3.8, 4) is 0 Å². The highest BCUT2D eigenvalue weighted by Gasteiger charge is 2.15. The van der Waals surface area contributed by atoms with E-state index >= 15 is 0 Å². The van der Waals surface area contributed by atoms with E-state index in [9.17, 15) is 9.59 Å². The van der Waals surface area contributed by atoms with Crippen LogP contribution in [0.3, 0.4) is 0 Å². The van der Waals surface area contributed by atoms with Gasteiger partial charge in [-0.2, -0.15) is 0 Å². The Morgan fingerprint density at radius 2 is 1.80 bits per heavy atom. The summed E-state index contributed by atoms with van der Waals surface area (Å²) < 4.78 is 6.39. The van der Waals surface area contributed by atoms with Gasteiger partial charge in [0.15, 0.2) is 11.4 Å². The van der Waals surface area contributed by atoms with Crippen LogP contribution < -0.4 is 5.76 Å². The quantitative estimate of drug-likeness (QED) is 0.695. The molecule has 3 rings (SSSR count). The highest BCUT2D eigenvalue weighted by atomic mass is 35.5. The third kappa shape index (κ3) is 2.14. The number of carbonyl (C=O) groups excluding carboxylic acids is 1. The van der Waals surface area contributed by atoms with Crippen molar-refractivity contribution in [2.45, 2.75) is 6.54 Å². The SMILES string of the molecule is O=C(Cn1c(=O)oc2ccccc21)c1ccccc1Cl. The third-order valence-corrected chi connectivity index (χ3v) is 3.38. The molecule has 0 aliphatic heterocycles. The molecule has 0 N–H and O–H groups in total. The minimum absolute atomic E-state index is 0.0976. The number of hydrogen-bond acceptors (Lipinski definition) is 3. The normalized spacial score (nSPS) is 10.8. The second-order valence-electron chi connectivity index (χ2n) is 4.32. The molecule has 0 spiro atoms. The van der Waals surface area contributed by atoms with E-state index in [0.717, 1.165) is 0 Å². The number of nitrogens with zero attached hydrogens (tertiary/aromatic N) is 1. The molecular weight excluding hydrogens is 278 g/mol. The van der Waals surface area contributed by atoms with Gasteiger partial charge in [0.1, 0.15) is 0 Å². The molecule has 0 saturated carbocycles. The maximum Gasteiger partial charge on any atom is 0.420 e. The van der Waals surface area contributed by atoms with Crippen molar-refractivity contribution >= 4 is 28.5 Å². The predicted octanol–water partition coefficient (Wildman–Crippen LogP) is 3.13. The number of fused-ring (bicyclic) bond motifs is 1. The lowest BCUT2D eigenvalue weighted by Crippen LogP contribution is -2.20. The zero-order chi connectivity index (χ0) is 14.1. The van der Waals surface area contributed by atoms with E-state index in [4.69, 9.17) is 16.0 Å². The highest BCUT2D eigenvalue weighted by molar-refractivity contribution is 6.33. The Bertz CT molecular complexity index is 847. The molecule has 0 aliphatic carbocycles. The van der Waals surface area contributed by atoms with E-state index < -0.39 is 5.76 Å². The maximum atomic E-state index is 12.2. The van der Waals surface area contributed by atoms with Crippen molar-refractivity contribution in [3.05, 3.63) is 69.7 Å². The van der Waals surface area contributed by atoms with Crippen LogP contribution in [0, 0.1) is 0 Å². The first-order valence-electron chi connectivity index (χ1n) is 6.03. The van der Waals surface area contributed by atoms with Crippen molar-refractivity contribution in [1.82, 2.24) is 4.57 Å². The fourth-order valence-electron chi connectivity index (χ4n) is 2.08. The lowest BCUT2D eigenvalue weighted by Gasteiger charge is -2.04. The fraction of sp³-hybridized carbons (Fsp3) is 0.0667. The summed E-state index contributed by atoms with van der Waals surface area (Å²) in [6, 6.07) is 13.7. The van der Waals surface area contributed by atoms with Gasteiger partial charge in [-0.25, -0.2) is 4.79 Å². The van der Waals surface area contributed by atoms with Gasteiger partial charge in [0.05, 0.1) is 17.1 Å². The molecule has 100 valence electrons. The van der Waals surface area contributed by atoms with Crippen LogP contribution in [0.4, 0.5) is 0 Å². The lowest BCUT2D eigenvalue weighted by atomic mass is 10.1. The molecule has 20 heavy (non-hydrogen) atoms. The van der Waals surface area contributed by atoms with Crippen LogP contribution in [0.5, 0.6) is 0 Å². The topological polar surface area (TPSA) is 52.2 Å². The number of carbonyl (C=O) groups is 1. The van der Waals surface area contributed by atoms with Gasteiger partial charge in [0.2, 0.25) is 0 Å². The molecule has 0 aliphatic rings. The van der Waals surface area contributed by atoms with Crippen LogP contribution in [0.1, 0.15) is 10.4 Å². The summed E-state index contributed by atoms with van der Waals surface area (Å²) in [5, 5.41) is 0.373. The average Bonchev–Trinajstić information content (AvgIpc) is 2.76. The summed E-state index contributed by atoms with van der Waals surface area (Å²) in [4.78, 5) is 24.0. The van der Waals surface area contributed by atoms with Crippen molar-refractivity contribution in [1.29, 1.82) is 0 Å². The van der Waals surface area contributed by atoms with E-state index in [1.807, 2.05) is 0 Å². The summed E-state index contributed by atoms with van der Waals surface area (Å²) in [6.07, 6.45) is 0. The summed E-state index contributed by atoms with van der Waals surface area (Å²) in [6.45, 7) is -0.0976. The molecular formula is C15H10ClNO3. The average molecular weight is 288 g/mol. The number of Topliss-reactive ketones (excluding diaryl/α,β-unsaturated/α-hetero) is 1. The number of oxazole rings is 1. The first-order chi connectivity index (χ1) is 9.66. The van der Waals surface area contributed by atoms with Crippen molar-refractivity contribution in [3.63, 3.8) is 0 Å². The molecule has 1 aromatic heterocycles. The van der Waals surface area contributed by atoms with Gasteiger partial charge >= 0.3 is 5.76 Å². The second kappa shape index (κ2) is 4.98. The van der Waals surface area contributed by atoms with E-state index in [2.05, 4.69) is 0 Å². The van der Waals surface area contributed by atoms with Gasteiger partial charge in [0.25, 0.3) is 0 Å². The predicted molar refractivity (Wildman–Crippen MR) is 76.3 cm³/mol. The number of ketones is 1. The molecule has 1 heterocycles. The lowest BCUT2D eigenvalue weighted by molar-refractivity contribution is 0.0971. The third-order valence-electron chi connectivity index (χ3n) is 3.05. The summed E-state index contributed by atoms with van der Waals surface area (Å²) in [7, 11) is 0. The van der Waals surface area contributed by atoms with E-state index in [1.165, 1.54) is 4.57 Å². The van der Waals surface area contributed by atoms with Gasteiger partial charge < -0.3 is 4.42 Å². The summed E-state index contributed by atoms with van der Waals surface area (Å²) in [5.74, 6) is -0.782. The summed E-state index contributed by atoms with van der Waals surface area (Å²) in [5.41, 5.74) is 1.45. The number of aromatic nitrogens is 1. The highest BCUT2D eigenvalue weighted by Crippen LogP contribution is 2.17. The Morgan fingerprint density at radius 3 is 2.60 bits per heavy atom. The zero-order valence-corrected chi connectivity index (χ0v) is 11.1. The smallest absolute Gasteiger partial charge is 0.408 e. The fourth-order valence-corrected chi connectivity index (χ4v) is 2.32. The number of para-hydroxylation sites is 2. The van der Waals surface area contributed by atoms with Crippen LogP contribution in [-0.2, 0) is 6.54 Å².